The highest BCUT2D eigenvalue weighted by Crippen LogP contribution is 2.39. The lowest BCUT2D eigenvalue weighted by Gasteiger charge is -2.36. The Morgan fingerprint density at radius 2 is 2.04 bits per heavy atom. The predicted octanol–water partition coefficient (Wildman–Crippen LogP) is 3.90. The molecular weight excluding hydrogens is 356 g/mol. The molecule has 6 heteroatoms. The molecule has 1 aromatic carbocycles. The number of Topliss-reactive ketones (excluding diaryl/α,β-unsaturated/α-hetero) is 1. The number of nitrogen functional groups attached to an aromatic ring is 1. The lowest BCUT2D eigenvalue weighted by atomic mass is 9.85. The van der Waals surface area contributed by atoms with Crippen LogP contribution in [0.3, 0.4) is 0 Å². The fourth-order valence-electron chi connectivity index (χ4n) is 4.60. The van der Waals surface area contributed by atoms with Crippen molar-refractivity contribution in [2.75, 3.05) is 12.8 Å². The number of aryl methyl sites for hydroxylation is 1. The van der Waals surface area contributed by atoms with Gasteiger partial charge in [0, 0.05) is 46.4 Å². The number of thiazole rings is 1. The van der Waals surface area contributed by atoms with Gasteiger partial charge in [-0.15, -0.1) is 11.3 Å². The smallest absolute Gasteiger partial charge is 0.181 e. The average molecular weight is 383 g/mol. The highest BCUT2D eigenvalue weighted by molar-refractivity contribution is 7.13. The third-order valence-corrected chi connectivity index (χ3v) is 7.15. The van der Waals surface area contributed by atoms with Gasteiger partial charge in [-0.1, -0.05) is 0 Å². The summed E-state index contributed by atoms with van der Waals surface area (Å²) in [5.41, 5.74) is 9.02. The molecular formula is C21H26N4OS. The first-order valence-electron chi connectivity index (χ1n) is 9.58. The maximum absolute atomic E-state index is 12.8. The fraction of sp³-hybridized carbons (Fsp3) is 0.476. The Kier molecular flexibility index (Phi) is 4.86. The largest absolute Gasteiger partial charge is 0.398 e. The van der Waals surface area contributed by atoms with E-state index in [-0.39, 0.29) is 11.5 Å². The molecule has 27 heavy (non-hydrogen) atoms. The minimum absolute atomic E-state index is 0.0360. The van der Waals surface area contributed by atoms with Gasteiger partial charge in [0.1, 0.15) is 10.7 Å². The summed E-state index contributed by atoms with van der Waals surface area (Å²) < 4.78 is 0. The predicted molar refractivity (Wildman–Crippen MR) is 110 cm³/mol. The van der Waals surface area contributed by atoms with Gasteiger partial charge >= 0.3 is 0 Å². The topological polar surface area (TPSA) is 83.1 Å². The number of ketones is 1. The van der Waals surface area contributed by atoms with E-state index in [1.54, 1.807) is 17.4 Å². The van der Waals surface area contributed by atoms with Crippen LogP contribution in [-0.4, -0.2) is 40.5 Å². The molecule has 2 saturated heterocycles. The summed E-state index contributed by atoms with van der Waals surface area (Å²) in [4.78, 5) is 19.8. The maximum Gasteiger partial charge on any atom is 0.181 e. The highest BCUT2D eigenvalue weighted by Gasteiger charge is 2.39. The second-order valence-electron chi connectivity index (χ2n) is 7.99. The van der Waals surface area contributed by atoms with Gasteiger partial charge in [-0.25, -0.2) is 4.98 Å². The van der Waals surface area contributed by atoms with E-state index in [9.17, 15) is 4.79 Å². The first-order chi connectivity index (χ1) is 12.9. The number of carbonyl (C=O) groups is 1. The minimum atomic E-state index is -0.0943. The number of anilines is 1. The number of nitrogens with two attached hydrogens (primary N) is 1. The molecule has 0 spiro atoms. The molecule has 2 aliphatic heterocycles. The number of hydrogen-bond acceptors (Lipinski definition) is 6. The summed E-state index contributed by atoms with van der Waals surface area (Å²) >= 11 is 1.56. The molecule has 2 unspecified atom stereocenters. The molecule has 2 aromatic rings. The van der Waals surface area contributed by atoms with Crippen LogP contribution < -0.4 is 5.73 Å². The number of benzene rings is 1. The van der Waals surface area contributed by atoms with Crippen molar-refractivity contribution >= 4 is 28.5 Å². The molecule has 0 aliphatic carbocycles. The van der Waals surface area contributed by atoms with Crippen LogP contribution in [-0.2, 0) is 4.79 Å². The van der Waals surface area contributed by atoms with E-state index in [0.29, 0.717) is 35.7 Å². The maximum atomic E-state index is 12.8. The number of fused-ring (bicyclic) bond motifs is 2. The number of nitrogens with one attached hydrogen (secondary N) is 1. The van der Waals surface area contributed by atoms with E-state index in [0.717, 1.165) is 29.1 Å². The Morgan fingerprint density at radius 1 is 1.33 bits per heavy atom. The Bertz CT molecular complexity index is 876. The average Bonchev–Trinajstić information content (AvgIpc) is 3.14. The van der Waals surface area contributed by atoms with E-state index in [4.69, 9.17) is 11.1 Å². The summed E-state index contributed by atoms with van der Waals surface area (Å²) in [6, 6.07) is 6.74. The van der Waals surface area contributed by atoms with E-state index >= 15 is 0 Å². The standard InChI is InChI=1S/C21H26N4OS/c1-12-11-27-21(24-12)14-3-6-18(22)17(10-14)20(23)19(26)9-13-7-15-4-5-16(8-13)25(15)2/h3,6,10-11,13,15-16,23H,4-5,7-9,22H2,1-2H3. The molecule has 4 rings (SSSR count). The summed E-state index contributed by atoms with van der Waals surface area (Å²) in [6.07, 6.45) is 5.08. The highest BCUT2D eigenvalue weighted by atomic mass is 32.1. The Labute approximate surface area is 164 Å². The fourth-order valence-corrected chi connectivity index (χ4v) is 5.39. The lowest BCUT2D eigenvalue weighted by molar-refractivity contribution is -0.114. The quantitative estimate of drug-likeness (QED) is 0.607. The van der Waals surface area contributed by atoms with Crippen LogP contribution in [0.2, 0.25) is 0 Å². The van der Waals surface area contributed by atoms with Crippen molar-refractivity contribution in [3.8, 4) is 10.6 Å². The van der Waals surface area contributed by atoms with Gasteiger partial charge in [0.2, 0.25) is 0 Å². The van der Waals surface area contributed by atoms with Crippen molar-refractivity contribution in [3.05, 3.63) is 34.8 Å². The van der Waals surface area contributed by atoms with Crippen LogP contribution >= 0.6 is 11.3 Å². The molecule has 2 aliphatic rings. The van der Waals surface area contributed by atoms with Gasteiger partial charge in [-0.3, -0.25) is 10.2 Å². The number of carbonyl (C=O) groups excluding carboxylic acids is 1. The first kappa shape index (κ1) is 18.3. The lowest BCUT2D eigenvalue weighted by Crippen LogP contribution is -2.40. The molecule has 2 bridgehead atoms. The third-order valence-electron chi connectivity index (χ3n) is 6.14. The van der Waals surface area contributed by atoms with Crippen LogP contribution in [0.25, 0.3) is 10.6 Å². The SMILES string of the molecule is Cc1csc(-c2ccc(N)c(C(=N)C(=O)CC3CC4CCC(C3)N4C)c2)n1. The third kappa shape index (κ3) is 3.56. The van der Waals surface area contributed by atoms with Crippen molar-refractivity contribution in [1.82, 2.24) is 9.88 Å². The zero-order valence-electron chi connectivity index (χ0n) is 15.9. The van der Waals surface area contributed by atoms with Gasteiger partial charge in [0.05, 0.1) is 0 Å². The Balaban J connectivity index is 1.49. The van der Waals surface area contributed by atoms with Crippen molar-refractivity contribution in [3.63, 3.8) is 0 Å². The van der Waals surface area contributed by atoms with Gasteiger partial charge < -0.3 is 10.6 Å². The molecule has 0 radical (unpaired) electrons. The normalized spacial score (nSPS) is 24.9. The van der Waals surface area contributed by atoms with E-state index in [2.05, 4.69) is 16.9 Å². The van der Waals surface area contributed by atoms with Crippen LogP contribution in [0.1, 0.15) is 43.4 Å². The Morgan fingerprint density at radius 3 is 2.67 bits per heavy atom. The molecule has 2 fully saturated rings. The van der Waals surface area contributed by atoms with Gasteiger partial charge in [-0.2, -0.15) is 0 Å². The molecule has 142 valence electrons. The molecule has 0 saturated carbocycles. The molecule has 5 nitrogen and oxygen atoms in total. The van der Waals surface area contributed by atoms with Crippen LogP contribution in [0.4, 0.5) is 5.69 Å². The van der Waals surface area contributed by atoms with Crippen molar-refractivity contribution in [2.45, 2.75) is 51.1 Å². The molecule has 2 atom stereocenters. The Hall–Kier alpha value is -2.05. The summed E-state index contributed by atoms with van der Waals surface area (Å²) in [5, 5.41) is 11.3. The molecule has 3 N–H and O–H groups in total. The molecule has 0 amide bonds. The van der Waals surface area contributed by atoms with Crippen molar-refractivity contribution in [2.24, 2.45) is 5.92 Å². The summed E-state index contributed by atoms with van der Waals surface area (Å²) in [6.45, 7) is 1.96. The number of piperidine rings is 1. The zero-order chi connectivity index (χ0) is 19.1. The second kappa shape index (κ2) is 7.17. The monoisotopic (exact) mass is 382 g/mol. The zero-order valence-corrected chi connectivity index (χ0v) is 16.7. The second-order valence-corrected chi connectivity index (χ2v) is 8.84. The van der Waals surface area contributed by atoms with Gasteiger partial charge in [0.25, 0.3) is 0 Å². The van der Waals surface area contributed by atoms with Crippen molar-refractivity contribution in [1.29, 1.82) is 5.41 Å². The van der Waals surface area contributed by atoms with E-state index in [1.165, 1.54) is 12.8 Å². The van der Waals surface area contributed by atoms with Crippen LogP contribution in [0.5, 0.6) is 0 Å². The molecule has 3 heterocycles. The van der Waals surface area contributed by atoms with Crippen molar-refractivity contribution < 1.29 is 4.79 Å². The molecule has 1 aromatic heterocycles. The first-order valence-corrected chi connectivity index (χ1v) is 10.5. The van der Waals surface area contributed by atoms with E-state index in [1.807, 2.05) is 24.4 Å². The minimum Gasteiger partial charge on any atom is -0.398 e. The van der Waals surface area contributed by atoms with Crippen LogP contribution in [0, 0.1) is 18.3 Å². The van der Waals surface area contributed by atoms with E-state index < -0.39 is 0 Å². The number of aromatic nitrogens is 1. The summed E-state index contributed by atoms with van der Waals surface area (Å²) in [7, 11) is 2.20. The summed E-state index contributed by atoms with van der Waals surface area (Å²) in [5.74, 6) is 0.292. The van der Waals surface area contributed by atoms with Crippen LogP contribution in [0.15, 0.2) is 23.6 Å². The number of rotatable bonds is 5. The number of nitrogens with zero attached hydrogens (tertiary/aromatic N) is 2. The van der Waals surface area contributed by atoms with Gasteiger partial charge in [-0.05, 0) is 63.8 Å². The number of hydrogen-bond donors (Lipinski definition) is 2. The van der Waals surface area contributed by atoms with Gasteiger partial charge in [0.15, 0.2) is 5.78 Å².